The Labute approximate surface area is 138 Å². The third-order valence-corrected chi connectivity index (χ3v) is 4.95. The van der Waals surface area contributed by atoms with Gasteiger partial charge in [-0.2, -0.15) is 16.1 Å². The fourth-order valence-corrected chi connectivity index (χ4v) is 3.62. The predicted octanol–water partition coefficient (Wildman–Crippen LogP) is 2.85. The van der Waals surface area contributed by atoms with Crippen LogP contribution in [-0.2, 0) is 11.3 Å². The normalized spacial score (nSPS) is 17.8. The van der Waals surface area contributed by atoms with Gasteiger partial charge in [-0.05, 0) is 55.2 Å². The number of tetrazole rings is 1. The van der Waals surface area contributed by atoms with Crippen LogP contribution in [0.3, 0.4) is 0 Å². The van der Waals surface area contributed by atoms with Crippen LogP contribution in [0.2, 0.25) is 0 Å². The van der Waals surface area contributed by atoms with Crippen molar-refractivity contribution >= 4 is 17.2 Å². The zero-order chi connectivity index (χ0) is 15.6. The molecule has 0 aliphatic heterocycles. The van der Waals surface area contributed by atoms with Crippen LogP contribution in [0.25, 0.3) is 11.4 Å². The van der Waals surface area contributed by atoms with Crippen molar-refractivity contribution in [3.8, 4) is 11.4 Å². The van der Waals surface area contributed by atoms with Gasteiger partial charge in [-0.1, -0.05) is 6.08 Å². The Hall–Kier alpha value is -2.02. The summed E-state index contributed by atoms with van der Waals surface area (Å²) in [7, 11) is 0. The molecule has 2 aromatic rings. The van der Waals surface area contributed by atoms with Crippen LogP contribution in [0.1, 0.15) is 38.5 Å². The number of rotatable bonds is 5. The first-order chi connectivity index (χ1) is 11.3. The van der Waals surface area contributed by atoms with Gasteiger partial charge in [0.2, 0.25) is 5.82 Å². The zero-order valence-corrected chi connectivity index (χ0v) is 13.7. The smallest absolute Gasteiger partial charge is 0.250 e. The summed E-state index contributed by atoms with van der Waals surface area (Å²) in [5.74, 6) is 0.656. The highest BCUT2D eigenvalue weighted by Crippen LogP contribution is 2.33. The quantitative estimate of drug-likeness (QED) is 0.846. The van der Waals surface area contributed by atoms with Crippen LogP contribution in [0.5, 0.6) is 0 Å². The van der Waals surface area contributed by atoms with Crippen LogP contribution in [0.15, 0.2) is 28.6 Å². The maximum Gasteiger partial charge on any atom is 0.250 e. The molecule has 1 fully saturated rings. The van der Waals surface area contributed by atoms with E-state index in [1.807, 2.05) is 21.7 Å². The molecule has 23 heavy (non-hydrogen) atoms. The third kappa shape index (κ3) is 3.19. The van der Waals surface area contributed by atoms with Crippen LogP contribution in [-0.4, -0.2) is 37.1 Å². The Morgan fingerprint density at radius 1 is 1.39 bits per heavy atom. The summed E-state index contributed by atoms with van der Waals surface area (Å²) < 4.78 is 0. The fraction of sp³-hybridized carbons (Fsp3) is 0.500. The lowest BCUT2D eigenvalue weighted by Gasteiger charge is -2.27. The summed E-state index contributed by atoms with van der Waals surface area (Å²) in [5, 5.41) is 16.4. The van der Waals surface area contributed by atoms with Gasteiger partial charge in [0, 0.05) is 22.7 Å². The van der Waals surface area contributed by atoms with E-state index in [9.17, 15) is 4.79 Å². The lowest BCUT2D eigenvalue weighted by Crippen LogP contribution is -2.36. The molecule has 0 radical (unpaired) electrons. The molecule has 0 saturated heterocycles. The largest absolute Gasteiger partial charge is 0.312 e. The Balaban J connectivity index is 1.49. The van der Waals surface area contributed by atoms with E-state index in [-0.39, 0.29) is 12.5 Å². The van der Waals surface area contributed by atoms with Crippen molar-refractivity contribution in [1.82, 2.24) is 25.1 Å². The van der Waals surface area contributed by atoms with Gasteiger partial charge in [0.25, 0.3) is 5.91 Å². The highest BCUT2D eigenvalue weighted by molar-refractivity contribution is 7.08. The molecule has 120 valence electrons. The first-order valence-corrected chi connectivity index (χ1v) is 9.07. The lowest BCUT2D eigenvalue weighted by molar-refractivity contribution is -0.131. The summed E-state index contributed by atoms with van der Waals surface area (Å²) in [4.78, 5) is 16.2. The fourth-order valence-electron chi connectivity index (χ4n) is 2.99. The number of hydrogen-bond acceptors (Lipinski definition) is 5. The summed E-state index contributed by atoms with van der Waals surface area (Å²) in [6.45, 7) is 0.158. The van der Waals surface area contributed by atoms with Gasteiger partial charge in [-0.3, -0.25) is 4.79 Å². The van der Waals surface area contributed by atoms with Crippen molar-refractivity contribution in [2.75, 3.05) is 0 Å². The SMILES string of the molecule is O=C(Cn1nnc(-c2ccsc2)n1)N(C1=CCCCC1)C1CC1. The van der Waals surface area contributed by atoms with E-state index < -0.39 is 0 Å². The Kier molecular flexibility index (Phi) is 3.95. The molecule has 0 atom stereocenters. The molecule has 0 unspecified atom stereocenters. The van der Waals surface area contributed by atoms with E-state index in [0.29, 0.717) is 11.9 Å². The maximum atomic E-state index is 12.7. The first kappa shape index (κ1) is 14.6. The molecule has 2 heterocycles. The van der Waals surface area contributed by atoms with Crippen molar-refractivity contribution in [2.24, 2.45) is 0 Å². The van der Waals surface area contributed by atoms with Crippen LogP contribution < -0.4 is 0 Å². The van der Waals surface area contributed by atoms with Crippen LogP contribution in [0.4, 0.5) is 0 Å². The Morgan fingerprint density at radius 2 is 2.30 bits per heavy atom. The van der Waals surface area contributed by atoms with Crippen molar-refractivity contribution in [3.05, 3.63) is 28.6 Å². The van der Waals surface area contributed by atoms with E-state index in [2.05, 4.69) is 21.5 Å². The molecule has 2 aliphatic carbocycles. The molecule has 0 N–H and O–H groups in total. The monoisotopic (exact) mass is 329 g/mol. The number of thiophene rings is 1. The van der Waals surface area contributed by atoms with Crippen molar-refractivity contribution in [2.45, 2.75) is 51.1 Å². The number of hydrogen-bond donors (Lipinski definition) is 0. The number of aromatic nitrogens is 4. The highest BCUT2D eigenvalue weighted by Gasteiger charge is 2.35. The molecule has 0 bridgehead atoms. The molecule has 1 saturated carbocycles. The number of carbonyl (C=O) groups excluding carboxylic acids is 1. The Bertz CT molecular complexity index is 717. The molecule has 6 nitrogen and oxygen atoms in total. The van der Waals surface area contributed by atoms with E-state index >= 15 is 0 Å². The molecule has 4 rings (SSSR count). The van der Waals surface area contributed by atoms with Gasteiger partial charge in [0.15, 0.2) is 0 Å². The number of allylic oxidation sites excluding steroid dienone is 2. The predicted molar refractivity (Wildman–Crippen MR) is 87.5 cm³/mol. The van der Waals surface area contributed by atoms with Gasteiger partial charge in [-0.15, -0.1) is 10.2 Å². The molecule has 2 aliphatic rings. The van der Waals surface area contributed by atoms with E-state index in [1.54, 1.807) is 11.3 Å². The Morgan fingerprint density at radius 3 is 3.00 bits per heavy atom. The van der Waals surface area contributed by atoms with Gasteiger partial charge in [0.05, 0.1) is 0 Å². The second-order valence-electron chi connectivity index (χ2n) is 6.09. The summed E-state index contributed by atoms with van der Waals surface area (Å²) in [6.07, 6.45) is 8.92. The average molecular weight is 329 g/mol. The second-order valence-corrected chi connectivity index (χ2v) is 6.87. The summed E-state index contributed by atoms with van der Waals surface area (Å²) in [6, 6.07) is 2.34. The van der Waals surface area contributed by atoms with Gasteiger partial charge in [0.1, 0.15) is 6.54 Å². The minimum absolute atomic E-state index is 0.0786. The highest BCUT2D eigenvalue weighted by atomic mass is 32.1. The molecule has 7 heteroatoms. The van der Waals surface area contributed by atoms with E-state index in [0.717, 1.165) is 31.2 Å². The molecule has 1 amide bonds. The minimum Gasteiger partial charge on any atom is -0.312 e. The van der Waals surface area contributed by atoms with Gasteiger partial charge in [-0.25, -0.2) is 0 Å². The van der Waals surface area contributed by atoms with Gasteiger partial charge < -0.3 is 4.90 Å². The number of amides is 1. The van der Waals surface area contributed by atoms with Gasteiger partial charge >= 0.3 is 0 Å². The maximum absolute atomic E-state index is 12.7. The molecule has 0 aromatic carbocycles. The standard InChI is InChI=1S/C16H19N5OS/c22-15(21(14-6-7-14)13-4-2-1-3-5-13)10-20-18-16(17-19-20)12-8-9-23-11-12/h4,8-9,11,14H,1-3,5-7,10H2. The molecule has 0 spiro atoms. The number of carbonyl (C=O) groups is 1. The second kappa shape index (κ2) is 6.23. The first-order valence-electron chi connectivity index (χ1n) is 8.13. The topological polar surface area (TPSA) is 63.9 Å². The third-order valence-electron chi connectivity index (χ3n) is 4.27. The van der Waals surface area contributed by atoms with Crippen molar-refractivity contribution in [3.63, 3.8) is 0 Å². The summed E-state index contributed by atoms with van der Waals surface area (Å²) in [5.41, 5.74) is 2.14. The molecular weight excluding hydrogens is 310 g/mol. The van der Waals surface area contributed by atoms with Crippen molar-refractivity contribution < 1.29 is 4.79 Å². The molecule has 2 aromatic heterocycles. The molecular formula is C16H19N5OS. The average Bonchev–Trinajstić information content (AvgIpc) is 3.06. The van der Waals surface area contributed by atoms with E-state index in [1.165, 1.54) is 23.3 Å². The number of nitrogens with zero attached hydrogens (tertiary/aromatic N) is 5. The van der Waals surface area contributed by atoms with Crippen molar-refractivity contribution in [1.29, 1.82) is 0 Å². The summed E-state index contributed by atoms with van der Waals surface area (Å²) >= 11 is 1.59. The lowest BCUT2D eigenvalue weighted by atomic mass is 10.0. The van der Waals surface area contributed by atoms with Crippen LogP contribution in [0, 0.1) is 0 Å². The zero-order valence-electron chi connectivity index (χ0n) is 12.9. The minimum atomic E-state index is 0.0786. The van der Waals surface area contributed by atoms with Crippen LogP contribution >= 0.6 is 11.3 Å². The van der Waals surface area contributed by atoms with E-state index in [4.69, 9.17) is 0 Å².